The summed E-state index contributed by atoms with van der Waals surface area (Å²) in [5.41, 5.74) is -0.0735. The average Bonchev–Trinajstić information content (AvgIpc) is 3.04. The lowest BCUT2D eigenvalue weighted by atomic mass is 9.97. The van der Waals surface area contributed by atoms with Gasteiger partial charge in [-0.05, 0) is 52.3 Å². The highest BCUT2D eigenvalue weighted by atomic mass is 16.6. The van der Waals surface area contributed by atoms with E-state index in [9.17, 15) is 14.4 Å². The molecule has 0 aliphatic carbocycles. The second-order valence-corrected chi connectivity index (χ2v) is 8.79. The SMILES string of the molecule is CC(C)(C)OC(=O)NCCNC(=O)C1CCCN(CCn2nc3ccccn3c2=O)C1. The molecule has 1 atom stereocenters. The Labute approximate surface area is 181 Å². The van der Waals surface area contributed by atoms with Gasteiger partial charge in [-0.1, -0.05) is 6.07 Å². The van der Waals surface area contributed by atoms with E-state index in [-0.39, 0.29) is 17.5 Å². The zero-order valence-corrected chi connectivity index (χ0v) is 18.5. The molecule has 3 rings (SSSR count). The number of pyridine rings is 1. The van der Waals surface area contributed by atoms with Crippen LogP contribution in [0.2, 0.25) is 0 Å². The molecule has 0 bridgehead atoms. The van der Waals surface area contributed by atoms with Crippen LogP contribution in [0.25, 0.3) is 5.65 Å². The minimum Gasteiger partial charge on any atom is -0.444 e. The lowest BCUT2D eigenvalue weighted by molar-refractivity contribution is -0.126. The van der Waals surface area contributed by atoms with Crippen LogP contribution < -0.4 is 16.3 Å². The molecule has 10 heteroatoms. The van der Waals surface area contributed by atoms with Crippen LogP contribution in [0.3, 0.4) is 0 Å². The van der Waals surface area contributed by atoms with Crippen LogP contribution in [0.15, 0.2) is 29.2 Å². The number of carbonyl (C=O) groups excluding carboxylic acids is 2. The van der Waals surface area contributed by atoms with Crippen LogP contribution in [0.5, 0.6) is 0 Å². The predicted octanol–water partition coefficient (Wildman–Crippen LogP) is 0.849. The lowest BCUT2D eigenvalue weighted by Gasteiger charge is -2.31. The second-order valence-electron chi connectivity index (χ2n) is 8.79. The van der Waals surface area contributed by atoms with Gasteiger partial charge in [-0.25, -0.2) is 14.3 Å². The maximum absolute atomic E-state index is 12.5. The van der Waals surface area contributed by atoms with Gasteiger partial charge in [0.2, 0.25) is 5.91 Å². The fraction of sp³-hybridized carbons (Fsp3) is 0.619. The summed E-state index contributed by atoms with van der Waals surface area (Å²) < 4.78 is 8.17. The number of hydrogen-bond donors (Lipinski definition) is 2. The van der Waals surface area contributed by atoms with E-state index in [1.54, 1.807) is 39.1 Å². The van der Waals surface area contributed by atoms with Crippen molar-refractivity contribution in [1.82, 2.24) is 29.7 Å². The van der Waals surface area contributed by atoms with E-state index < -0.39 is 11.7 Å². The summed E-state index contributed by atoms with van der Waals surface area (Å²) in [6.45, 7) is 8.75. The Morgan fingerprint density at radius 3 is 2.71 bits per heavy atom. The molecule has 2 amide bonds. The highest BCUT2D eigenvalue weighted by Crippen LogP contribution is 2.16. The van der Waals surface area contributed by atoms with Crippen LogP contribution >= 0.6 is 0 Å². The molecule has 2 N–H and O–H groups in total. The first kappa shape index (κ1) is 22.8. The third-order valence-electron chi connectivity index (χ3n) is 5.09. The molecule has 1 aliphatic heterocycles. The Hall–Kier alpha value is -2.88. The lowest BCUT2D eigenvalue weighted by Crippen LogP contribution is -2.46. The van der Waals surface area contributed by atoms with Crippen molar-refractivity contribution in [2.45, 2.75) is 45.8 Å². The number of fused-ring (bicyclic) bond motifs is 1. The van der Waals surface area contributed by atoms with Crippen LogP contribution in [0.1, 0.15) is 33.6 Å². The summed E-state index contributed by atoms with van der Waals surface area (Å²) >= 11 is 0. The first-order valence-corrected chi connectivity index (χ1v) is 10.7. The number of piperidine rings is 1. The Bertz CT molecular complexity index is 961. The zero-order chi connectivity index (χ0) is 22.4. The van der Waals surface area contributed by atoms with Gasteiger partial charge in [-0.15, -0.1) is 5.10 Å². The number of nitrogens with zero attached hydrogens (tertiary/aromatic N) is 4. The largest absolute Gasteiger partial charge is 0.444 e. The summed E-state index contributed by atoms with van der Waals surface area (Å²) in [5, 5.41) is 9.87. The molecule has 3 heterocycles. The number of likely N-dealkylation sites (tertiary alicyclic amines) is 1. The standard InChI is InChI=1S/C21H32N6O4/c1-21(2,3)31-19(29)23-10-9-22-18(28)16-7-6-11-25(15-16)13-14-27-20(30)26-12-5-4-8-17(26)24-27/h4-5,8,12,16H,6-7,9-11,13-15H2,1-3H3,(H,22,28)(H,23,29). The topological polar surface area (TPSA) is 110 Å². The molecule has 0 radical (unpaired) electrons. The van der Waals surface area contributed by atoms with Gasteiger partial charge >= 0.3 is 11.8 Å². The molecule has 170 valence electrons. The Morgan fingerprint density at radius 1 is 1.19 bits per heavy atom. The fourth-order valence-corrected chi connectivity index (χ4v) is 3.63. The van der Waals surface area contributed by atoms with Gasteiger partial charge in [0.05, 0.1) is 12.5 Å². The summed E-state index contributed by atoms with van der Waals surface area (Å²) in [6.07, 6.45) is 2.97. The number of alkyl carbamates (subject to hydrolysis) is 1. The molecule has 10 nitrogen and oxygen atoms in total. The highest BCUT2D eigenvalue weighted by molar-refractivity contribution is 5.79. The van der Waals surface area contributed by atoms with Gasteiger partial charge in [0.15, 0.2) is 5.65 Å². The minimum atomic E-state index is -0.548. The van der Waals surface area contributed by atoms with Crippen LogP contribution in [0, 0.1) is 5.92 Å². The maximum atomic E-state index is 12.5. The van der Waals surface area contributed by atoms with E-state index >= 15 is 0 Å². The predicted molar refractivity (Wildman–Crippen MR) is 116 cm³/mol. The van der Waals surface area contributed by atoms with Gasteiger partial charge in [0.25, 0.3) is 0 Å². The number of hydrogen-bond acceptors (Lipinski definition) is 6. The minimum absolute atomic E-state index is 0.0133. The average molecular weight is 433 g/mol. The molecule has 0 saturated carbocycles. The van der Waals surface area contributed by atoms with Gasteiger partial charge in [-0.3, -0.25) is 9.20 Å². The molecule has 31 heavy (non-hydrogen) atoms. The van der Waals surface area contributed by atoms with Gasteiger partial charge in [0, 0.05) is 32.4 Å². The summed E-state index contributed by atoms with van der Waals surface area (Å²) in [4.78, 5) is 38.7. The third-order valence-corrected chi connectivity index (χ3v) is 5.09. The third kappa shape index (κ3) is 6.55. The number of nitrogens with one attached hydrogen (secondary N) is 2. The molecule has 1 fully saturated rings. The summed E-state index contributed by atoms with van der Waals surface area (Å²) in [5.74, 6) is -0.117. The van der Waals surface area contributed by atoms with Crippen molar-refractivity contribution >= 4 is 17.6 Å². The molecular weight excluding hydrogens is 400 g/mol. The van der Waals surface area contributed by atoms with Gasteiger partial charge < -0.3 is 20.3 Å². The summed E-state index contributed by atoms with van der Waals surface area (Å²) in [7, 11) is 0. The van der Waals surface area contributed by atoms with Gasteiger partial charge in [-0.2, -0.15) is 0 Å². The van der Waals surface area contributed by atoms with Crippen LogP contribution in [-0.2, 0) is 16.1 Å². The summed E-state index contributed by atoms with van der Waals surface area (Å²) in [6, 6.07) is 5.46. The van der Waals surface area contributed by atoms with Crippen molar-refractivity contribution in [1.29, 1.82) is 0 Å². The smallest absolute Gasteiger partial charge is 0.407 e. The molecule has 1 saturated heterocycles. The van der Waals surface area contributed by atoms with E-state index in [4.69, 9.17) is 4.74 Å². The molecule has 1 aliphatic rings. The molecule has 0 aromatic carbocycles. The van der Waals surface area contributed by atoms with E-state index in [0.717, 1.165) is 19.4 Å². The van der Waals surface area contributed by atoms with Crippen molar-refractivity contribution < 1.29 is 14.3 Å². The van der Waals surface area contributed by atoms with Crippen LogP contribution in [0.4, 0.5) is 4.79 Å². The number of rotatable bonds is 7. The van der Waals surface area contributed by atoms with Crippen molar-refractivity contribution in [3.8, 4) is 0 Å². The number of aromatic nitrogens is 3. The molecule has 0 spiro atoms. The van der Waals surface area contributed by atoms with E-state index in [0.29, 0.717) is 38.4 Å². The van der Waals surface area contributed by atoms with E-state index in [2.05, 4.69) is 20.6 Å². The highest BCUT2D eigenvalue weighted by Gasteiger charge is 2.25. The Kier molecular flexibility index (Phi) is 7.32. The normalized spacial score (nSPS) is 17.5. The monoisotopic (exact) mass is 432 g/mol. The first-order chi connectivity index (χ1) is 14.7. The van der Waals surface area contributed by atoms with Crippen molar-refractivity contribution in [2.24, 2.45) is 5.92 Å². The second kappa shape index (κ2) is 9.95. The first-order valence-electron chi connectivity index (χ1n) is 10.7. The molecular formula is C21H32N6O4. The van der Waals surface area contributed by atoms with Gasteiger partial charge in [0.1, 0.15) is 5.60 Å². The number of amides is 2. The zero-order valence-electron chi connectivity index (χ0n) is 18.5. The molecule has 1 unspecified atom stereocenters. The quantitative estimate of drug-likeness (QED) is 0.628. The van der Waals surface area contributed by atoms with Crippen molar-refractivity contribution in [3.05, 3.63) is 34.9 Å². The van der Waals surface area contributed by atoms with Crippen molar-refractivity contribution in [3.63, 3.8) is 0 Å². The Balaban J connectivity index is 1.41. The van der Waals surface area contributed by atoms with E-state index in [1.807, 2.05) is 6.07 Å². The van der Waals surface area contributed by atoms with E-state index in [1.165, 1.54) is 9.08 Å². The maximum Gasteiger partial charge on any atom is 0.407 e. The Morgan fingerprint density at radius 2 is 1.97 bits per heavy atom. The number of carbonyl (C=O) groups is 2. The molecule has 2 aromatic rings. The van der Waals surface area contributed by atoms with Crippen molar-refractivity contribution in [2.75, 3.05) is 32.7 Å². The fourth-order valence-electron chi connectivity index (χ4n) is 3.63. The molecule has 2 aromatic heterocycles. The van der Waals surface area contributed by atoms with Crippen LogP contribution in [-0.4, -0.2) is 69.4 Å². The number of ether oxygens (including phenoxy) is 1.